The van der Waals surface area contributed by atoms with Gasteiger partial charge in [0.15, 0.2) is 5.82 Å². The van der Waals surface area contributed by atoms with Gasteiger partial charge in [-0.15, -0.1) is 0 Å². The number of aryl methyl sites for hydroxylation is 2. The highest BCUT2D eigenvalue weighted by molar-refractivity contribution is 6.31. The molecule has 138 valence electrons. The maximum absolute atomic E-state index is 13.2. The third kappa shape index (κ3) is 2.96. The molecule has 0 aliphatic carbocycles. The summed E-state index contributed by atoms with van der Waals surface area (Å²) in [5.41, 5.74) is 4.03. The second-order valence-corrected chi connectivity index (χ2v) is 6.69. The summed E-state index contributed by atoms with van der Waals surface area (Å²) in [5, 5.41) is 14.5. The number of nitrogens with zero attached hydrogens (tertiary/aromatic N) is 5. The molecule has 4 rings (SSSR count). The van der Waals surface area contributed by atoms with E-state index in [9.17, 15) is 9.65 Å². The van der Waals surface area contributed by atoms with Crippen LogP contribution in [0.1, 0.15) is 17.1 Å². The van der Waals surface area contributed by atoms with Crippen LogP contribution in [0.5, 0.6) is 0 Å². The van der Waals surface area contributed by atoms with Crippen molar-refractivity contribution in [3.63, 3.8) is 0 Å². The van der Waals surface area contributed by atoms with E-state index in [0.29, 0.717) is 33.5 Å². The van der Waals surface area contributed by atoms with Crippen molar-refractivity contribution in [3.8, 4) is 11.8 Å². The van der Waals surface area contributed by atoms with E-state index in [0.717, 1.165) is 11.0 Å². The van der Waals surface area contributed by atoms with E-state index in [1.165, 1.54) is 16.8 Å². The maximum Gasteiger partial charge on any atom is 0.151 e. The summed E-state index contributed by atoms with van der Waals surface area (Å²) in [6, 6.07) is 15.8. The van der Waals surface area contributed by atoms with Crippen LogP contribution in [0.4, 0.5) is 4.39 Å². The van der Waals surface area contributed by atoms with Crippen molar-refractivity contribution in [1.29, 1.82) is 5.26 Å². The van der Waals surface area contributed by atoms with Gasteiger partial charge in [0.2, 0.25) is 0 Å². The van der Waals surface area contributed by atoms with Gasteiger partial charge in [-0.05, 0) is 49.4 Å². The lowest BCUT2D eigenvalue weighted by Gasteiger charge is -2.03. The maximum atomic E-state index is 13.2. The summed E-state index contributed by atoms with van der Waals surface area (Å²) in [6.45, 7) is 1.81. The van der Waals surface area contributed by atoms with Crippen LogP contribution in [0.2, 0.25) is 5.15 Å². The minimum atomic E-state index is -0.336. The molecule has 0 spiro atoms. The van der Waals surface area contributed by atoms with Gasteiger partial charge in [0.05, 0.1) is 28.0 Å². The van der Waals surface area contributed by atoms with Gasteiger partial charge in [-0.3, -0.25) is 0 Å². The zero-order chi connectivity index (χ0) is 19.8. The van der Waals surface area contributed by atoms with Gasteiger partial charge >= 0.3 is 0 Å². The van der Waals surface area contributed by atoms with E-state index in [2.05, 4.69) is 16.2 Å². The molecule has 0 amide bonds. The normalized spacial score (nSPS) is 11.8. The monoisotopic (exact) mass is 391 g/mol. The molecule has 28 heavy (non-hydrogen) atoms. The Morgan fingerprint density at radius 1 is 1.18 bits per heavy atom. The van der Waals surface area contributed by atoms with Gasteiger partial charge in [-0.25, -0.2) is 14.1 Å². The molecular weight excluding hydrogens is 377 g/mol. The van der Waals surface area contributed by atoms with Crippen LogP contribution in [-0.2, 0) is 7.05 Å². The lowest BCUT2D eigenvalue weighted by Crippen LogP contribution is -1.97. The van der Waals surface area contributed by atoms with Gasteiger partial charge in [-0.1, -0.05) is 23.7 Å². The molecule has 0 aliphatic heterocycles. The van der Waals surface area contributed by atoms with Crippen molar-refractivity contribution < 1.29 is 4.39 Å². The smallest absolute Gasteiger partial charge is 0.151 e. The third-order valence-corrected chi connectivity index (χ3v) is 4.92. The fourth-order valence-corrected chi connectivity index (χ4v) is 3.43. The van der Waals surface area contributed by atoms with Gasteiger partial charge in [0, 0.05) is 12.6 Å². The van der Waals surface area contributed by atoms with E-state index in [4.69, 9.17) is 11.6 Å². The second-order valence-electron chi connectivity index (χ2n) is 6.33. The predicted octanol–water partition coefficient (Wildman–Crippen LogP) is 4.92. The molecule has 0 N–H and O–H groups in total. The minimum Gasteiger partial charge on any atom is -0.327 e. The average Bonchev–Trinajstić information content (AvgIpc) is 3.18. The van der Waals surface area contributed by atoms with Gasteiger partial charge in [0.25, 0.3) is 0 Å². The van der Waals surface area contributed by atoms with Gasteiger partial charge in [-0.2, -0.15) is 10.4 Å². The summed E-state index contributed by atoms with van der Waals surface area (Å²) in [5.74, 6) is 0.214. The molecule has 0 fully saturated rings. The van der Waals surface area contributed by atoms with Crippen molar-refractivity contribution in [2.45, 2.75) is 6.92 Å². The topological polar surface area (TPSA) is 59.4 Å². The summed E-state index contributed by atoms with van der Waals surface area (Å²) >= 11 is 6.54. The van der Waals surface area contributed by atoms with Crippen molar-refractivity contribution in [2.24, 2.45) is 7.05 Å². The first kappa shape index (κ1) is 18.0. The first-order chi connectivity index (χ1) is 13.5. The van der Waals surface area contributed by atoms with Crippen LogP contribution in [-0.4, -0.2) is 19.3 Å². The van der Waals surface area contributed by atoms with Crippen molar-refractivity contribution in [2.75, 3.05) is 0 Å². The molecule has 0 radical (unpaired) electrons. The molecule has 2 aromatic carbocycles. The van der Waals surface area contributed by atoms with E-state index < -0.39 is 0 Å². The van der Waals surface area contributed by atoms with Crippen LogP contribution in [0.3, 0.4) is 0 Å². The Bertz CT molecular complexity index is 1260. The van der Waals surface area contributed by atoms with Crippen LogP contribution >= 0.6 is 11.6 Å². The molecular formula is C21H15ClFN5. The Kier molecular flexibility index (Phi) is 4.46. The van der Waals surface area contributed by atoms with Crippen molar-refractivity contribution >= 4 is 34.3 Å². The number of benzene rings is 2. The summed E-state index contributed by atoms with van der Waals surface area (Å²) in [7, 11) is 1.87. The Balaban J connectivity index is 1.84. The Morgan fingerprint density at radius 2 is 1.89 bits per heavy atom. The van der Waals surface area contributed by atoms with Crippen molar-refractivity contribution in [3.05, 3.63) is 76.6 Å². The molecule has 0 bridgehead atoms. The highest BCUT2D eigenvalue weighted by Crippen LogP contribution is 2.28. The summed E-state index contributed by atoms with van der Waals surface area (Å²) < 4.78 is 16.6. The molecule has 0 atom stereocenters. The number of allylic oxidation sites excluding steroid dienone is 1. The first-order valence-corrected chi connectivity index (χ1v) is 8.92. The number of para-hydroxylation sites is 2. The minimum absolute atomic E-state index is 0.336. The Labute approximate surface area is 165 Å². The second kappa shape index (κ2) is 6.95. The molecule has 0 saturated carbocycles. The lowest BCUT2D eigenvalue weighted by molar-refractivity contribution is 0.627. The lowest BCUT2D eigenvalue weighted by atomic mass is 10.1. The van der Waals surface area contributed by atoms with Crippen LogP contribution in [0.15, 0.2) is 48.5 Å². The van der Waals surface area contributed by atoms with E-state index in [-0.39, 0.29) is 5.82 Å². The van der Waals surface area contributed by atoms with Crippen molar-refractivity contribution in [1.82, 2.24) is 19.3 Å². The third-order valence-electron chi connectivity index (χ3n) is 4.56. The zero-order valence-corrected chi connectivity index (χ0v) is 15.9. The SMILES string of the molecule is Cc1nn(-c2ccc(F)cc2)c(Cl)c1/C=C(\C#N)c1nc2ccccc2n1C. The Hall–Kier alpha value is -3.43. The number of hydrogen-bond donors (Lipinski definition) is 0. The molecule has 0 saturated heterocycles. The molecule has 0 unspecified atom stereocenters. The highest BCUT2D eigenvalue weighted by Gasteiger charge is 2.17. The molecule has 0 aliphatic rings. The fourth-order valence-electron chi connectivity index (χ4n) is 3.11. The van der Waals surface area contributed by atoms with Crippen LogP contribution < -0.4 is 0 Å². The number of imidazole rings is 1. The molecule has 2 heterocycles. The number of nitriles is 1. The predicted molar refractivity (Wildman–Crippen MR) is 107 cm³/mol. The zero-order valence-electron chi connectivity index (χ0n) is 15.2. The number of hydrogen-bond acceptors (Lipinski definition) is 3. The fraction of sp³-hybridized carbons (Fsp3) is 0.0952. The molecule has 7 heteroatoms. The molecule has 4 aromatic rings. The van der Waals surface area contributed by atoms with E-state index in [1.54, 1.807) is 18.2 Å². The standard InChI is InChI=1S/C21H15ClFN5/c1-13-17(20(22)28(26-13)16-9-7-15(23)8-10-16)11-14(12-24)21-25-18-5-3-4-6-19(18)27(21)2/h3-11H,1-2H3/b14-11+. The van der Waals surface area contributed by atoms with Crippen LogP contribution in [0.25, 0.3) is 28.4 Å². The quantitative estimate of drug-likeness (QED) is 0.465. The number of aromatic nitrogens is 4. The number of halogens is 2. The van der Waals surface area contributed by atoms with E-state index >= 15 is 0 Å². The van der Waals surface area contributed by atoms with E-state index in [1.807, 2.05) is 42.8 Å². The summed E-state index contributed by atoms with van der Waals surface area (Å²) in [4.78, 5) is 4.57. The highest BCUT2D eigenvalue weighted by atomic mass is 35.5. The van der Waals surface area contributed by atoms with Gasteiger partial charge < -0.3 is 4.57 Å². The van der Waals surface area contributed by atoms with Crippen LogP contribution in [0, 0.1) is 24.1 Å². The first-order valence-electron chi connectivity index (χ1n) is 8.54. The molecule has 5 nitrogen and oxygen atoms in total. The number of rotatable bonds is 3. The average molecular weight is 392 g/mol. The number of fused-ring (bicyclic) bond motifs is 1. The Morgan fingerprint density at radius 3 is 2.57 bits per heavy atom. The summed E-state index contributed by atoms with van der Waals surface area (Å²) in [6.07, 6.45) is 1.69. The largest absolute Gasteiger partial charge is 0.327 e. The molecule has 2 aromatic heterocycles. The van der Waals surface area contributed by atoms with Gasteiger partial charge in [0.1, 0.15) is 17.0 Å².